The normalized spacial score (nSPS) is 16.8. The molecule has 3 N–H and O–H groups in total. The van der Waals surface area contributed by atoms with Gasteiger partial charge in [-0.15, -0.1) is 0 Å². The molecule has 6 aromatic rings. The second kappa shape index (κ2) is 21.8. The van der Waals surface area contributed by atoms with Crippen LogP contribution in [0.2, 0.25) is 0 Å². The van der Waals surface area contributed by atoms with Crippen molar-refractivity contribution in [2.45, 2.75) is 166 Å². The van der Waals surface area contributed by atoms with E-state index in [9.17, 15) is 0 Å². The second-order valence-electron chi connectivity index (χ2n) is 19.8. The van der Waals surface area contributed by atoms with E-state index in [4.69, 9.17) is 5.73 Å². The van der Waals surface area contributed by atoms with Crippen LogP contribution in [0.3, 0.4) is 0 Å². The number of anilines is 3. The molecule has 2 nitrogen and oxygen atoms in total. The van der Waals surface area contributed by atoms with E-state index in [-0.39, 0.29) is 10.8 Å². The van der Waals surface area contributed by atoms with Crippen molar-refractivity contribution in [3.05, 3.63) is 171 Å². The van der Waals surface area contributed by atoms with E-state index in [0.29, 0.717) is 0 Å². The molecule has 0 saturated heterocycles. The van der Waals surface area contributed by atoms with E-state index in [1.54, 1.807) is 0 Å². The Bertz CT molecular complexity index is 2440. The molecule has 0 unspecified atom stereocenters. The molecule has 2 saturated carbocycles. The number of hydrogen-bond donors (Lipinski definition) is 2. The standard InChI is InChI=1S/C31H37N.C19H21Br.C12H17N/c1-3-20-31(21-4-2)29-13-9-8-12-27(29)28-19-18-26(22-30(28)31)32-25-16-14-24(15-17-25)23-10-6-5-7-11-23;1-3-11-19(12-4-2)17-8-6-5-7-15(17)16-10-9-14(20)13-18(16)19;13-12-8-6-11(7-9-12)10-4-2-1-3-5-10/h8-9,12-19,22-23,32H,3-7,10-11,20-21H2,1-2H3;5-10,13H,3-4,11-12H2,1-2H3;6-10H,1-5,13H2. The summed E-state index contributed by atoms with van der Waals surface area (Å²) in [5.41, 5.74) is 24.2. The first kappa shape index (κ1) is 46.9. The van der Waals surface area contributed by atoms with Crippen LogP contribution in [0.5, 0.6) is 0 Å². The van der Waals surface area contributed by atoms with Crippen LogP contribution < -0.4 is 11.1 Å². The number of halogens is 1. The average molecular weight is 928 g/mol. The minimum Gasteiger partial charge on any atom is -0.399 e. The first-order valence-corrected chi connectivity index (χ1v) is 26.5. The number of rotatable bonds is 12. The summed E-state index contributed by atoms with van der Waals surface area (Å²) in [5.74, 6) is 1.56. The molecule has 0 spiro atoms. The van der Waals surface area contributed by atoms with Crippen molar-refractivity contribution in [3.8, 4) is 22.3 Å². The Morgan fingerprint density at radius 3 is 1.32 bits per heavy atom. The quantitative estimate of drug-likeness (QED) is 0.120. The van der Waals surface area contributed by atoms with Gasteiger partial charge in [0.2, 0.25) is 0 Å². The average Bonchev–Trinajstić information content (AvgIpc) is 3.76. The summed E-state index contributed by atoms with van der Waals surface area (Å²) < 4.78 is 1.20. The predicted octanol–water partition coefficient (Wildman–Crippen LogP) is 19.0. The van der Waals surface area contributed by atoms with Crippen LogP contribution in [-0.2, 0) is 10.8 Å². The highest BCUT2D eigenvalue weighted by molar-refractivity contribution is 9.10. The zero-order chi connectivity index (χ0) is 45.2. The van der Waals surface area contributed by atoms with Gasteiger partial charge in [0.25, 0.3) is 0 Å². The summed E-state index contributed by atoms with van der Waals surface area (Å²) in [6.45, 7) is 9.26. The molecule has 0 radical (unpaired) electrons. The van der Waals surface area contributed by atoms with Crippen molar-refractivity contribution in [1.29, 1.82) is 0 Å². The lowest BCUT2D eigenvalue weighted by Gasteiger charge is -2.32. The Balaban J connectivity index is 0.000000148. The van der Waals surface area contributed by atoms with E-state index in [2.05, 4.69) is 170 Å². The first-order valence-electron chi connectivity index (χ1n) is 25.7. The van der Waals surface area contributed by atoms with Gasteiger partial charge in [0.1, 0.15) is 0 Å². The minimum atomic E-state index is 0.151. The van der Waals surface area contributed by atoms with Gasteiger partial charge in [-0.1, -0.05) is 193 Å². The Labute approximate surface area is 401 Å². The molecule has 0 amide bonds. The number of nitrogens with two attached hydrogens (primary N) is 1. The van der Waals surface area contributed by atoms with Crippen LogP contribution in [0.4, 0.5) is 17.1 Å². The highest BCUT2D eigenvalue weighted by Gasteiger charge is 2.43. The Morgan fingerprint density at radius 1 is 0.446 bits per heavy atom. The SMILES string of the molecule is CCCC1(CCC)c2ccccc2-c2ccc(Br)cc21.CCCC1(CCC)c2ccccc2-c2ccc(Nc3ccc(C4CCCCC4)cc3)cc21.Nc1ccc(C2CCCCC2)cc1. The van der Waals surface area contributed by atoms with E-state index in [0.717, 1.165) is 17.5 Å². The van der Waals surface area contributed by atoms with Gasteiger partial charge in [-0.25, -0.2) is 0 Å². The lowest BCUT2D eigenvalue weighted by molar-refractivity contribution is 0.435. The van der Waals surface area contributed by atoms with Gasteiger partial charge in [-0.3, -0.25) is 0 Å². The summed E-state index contributed by atoms with van der Waals surface area (Å²) in [6.07, 6.45) is 23.6. The Hall–Kier alpha value is -4.60. The molecular weight excluding hydrogens is 853 g/mol. The zero-order valence-corrected chi connectivity index (χ0v) is 41.6. The third-order valence-electron chi connectivity index (χ3n) is 15.5. The topological polar surface area (TPSA) is 38.0 Å². The second-order valence-corrected chi connectivity index (χ2v) is 20.7. The molecule has 0 aliphatic heterocycles. The monoisotopic (exact) mass is 927 g/mol. The van der Waals surface area contributed by atoms with Crippen LogP contribution in [-0.4, -0.2) is 0 Å². The van der Waals surface area contributed by atoms with Gasteiger partial charge in [-0.2, -0.15) is 0 Å². The van der Waals surface area contributed by atoms with Gasteiger partial charge in [0.15, 0.2) is 0 Å². The maximum Gasteiger partial charge on any atom is 0.0387 e. The third-order valence-corrected chi connectivity index (χ3v) is 16.0. The van der Waals surface area contributed by atoms with Crippen LogP contribution in [0, 0.1) is 0 Å². The molecule has 10 rings (SSSR count). The molecule has 65 heavy (non-hydrogen) atoms. The van der Waals surface area contributed by atoms with Gasteiger partial charge >= 0.3 is 0 Å². The number of nitrogen functional groups attached to an aromatic ring is 1. The van der Waals surface area contributed by atoms with Gasteiger partial charge in [0, 0.05) is 32.4 Å². The highest BCUT2D eigenvalue weighted by atomic mass is 79.9. The van der Waals surface area contributed by atoms with Gasteiger partial charge in [-0.05, 0) is 167 Å². The summed E-state index contributed by atoms with van der Waals surface area (Å²) in [6, 6.07) is 49.6. The summed E-state index contributed by atoms with van der Waals surface area (Å²) in [4.78, 5) is 0. The lowest BCUT2D eigenvalue weighted by atomic mass is 9.71. The minimum absolute atomic E-state index is 0.151. The molecule has 0 heterocycles. The molecule has 0 atom stereocenters. The van der Waals surface area contributed by atoms with Gasteiger partial charge in [0.05, 0.1) is 0 Å². The summed E-state index contributed by atoms with van der Waals surface area (Å²) in [7, 11) is 0. The molecule has 3 heteroatoms. The molecule has 340 valence electrons. The largest absolute Gasteiger partial charge is 0.399 e. The zero-order valence-electron chi connectivity index (χ0n) is 40.0. The van der Waals surface area contributed by atoms with Crippen molar-refractivity contribution in [3.63, 3.8) is 0 Å². The lowest BCUT2D eigenvalue weighted by Crippen LogP contribution is -2.25. The summed E-state index contributed by atoms with van der Waals surface area (Å²) >= 11 is 3.66. The van der Waals surface area contributed by atoms with Crippen molar-refractivity contribution in [1.82, 2.24) is 0 Å². The van der Waals surface area contributed by atoms with E-state index in [1.807, 2.05) is 12.1 Å². The number of hydrogen-bond acceptors (Lipinski definition) is 2. The van der Waals surface area contributed by atoms with Crippen molar-refractivity contribution in [2.24, 2.45) is 0 Å². The molecule has 0 aromatic heterocycles. The molecule has 2 fully saturated rings. The fourth-order valence-corrected chi connectivity index (χ4v) is 13.0. The van der Waals surface area contributed by atoms with Crippen molar-refractivity contribution >= 4 is 33.0 Å². The van der Waals surface area contributed by atoms with E-state index < -0.39 is 0 Å². The summed E-state index contributed by atoms with van der Waals surface area (Å²) in [5, 5.41) is 3.71. The number of fused-ring (bicyclic) bond motifs is 6. The maximum atomic E-state index is 5.66. The number of nitrogens with one attached hydrogen (secondary N) is 1. The fraction of sp³-hybridized carbons (Fsp3) is 0.419. The molecule has 4 aliphatic rings. The molecule has 6 aromatic carbocycles. The highest BCUT2D eigenvalue weighted by Crippen LogP contribution is 2.55. The van der Waals surface area contributed by atoms with Crippen molar-refractivity contribution < 1.29 is 0 Å². The van der Waals surface area contributed by atoms with Crippen LogP contribution in [0.15, 0.2) is 138 Å². The maximum absolute atomic E-state index is 5.66. The van der Waals surface area contributed by atoms with Crippen LogP contribution >= 0.6 is 15.9 Å². The van der Waals surface area contributed by atoms with Crippen LogP contribution in [0.25, 0.3) is 22.3 Å². The Morgan fingerprint density at radius 2 is 0.846 bits per heavy atom. The molecule has 4 aliphatic carbocycles. The van der Waals surface area contributed by atoms with Crippen molar-refractivity contribution in [2.75, 3.05) is 11.1 Å². The number of benzene rings is 6. The Kier molecular flexibility index (Phi) is 15.7. The molecule has 0 bridgehead atoms. The fourth-order valence-electron chi connectivity index (χ4n) is 12.6. The predicted molar refractivity (Wildman–Crippen MR) is 285 cm³/mol. The molecular formula is C62H75BrN2. The first-order chi connectivity index (χ1) is 31.8. The van der Waals surface area contributed by atoms with Gasteiger partial charge < -0.3 is 11.1 Å². The van der Waals surface area contributed by atoms with E-state index >= 15 is 0 Å². The smallest absolute Gasteiger partial charge is 0.0387 e. The van der Waals surface area contributed by atoms with Crippen LogP contribution in [0.1, 0.15) is 188 Å². The van der Waals surface area contributed by atoms with E-state index in [1.165, 1.54) is 187 Å². The third kappa shape index (κ3) is 10.1.